The van der Waals surface area contributed by atoms with Crippen LogP contribution in [0.3, 0.4) is 0 Å². The van der Waals surface area contributed by atoms with Crippen LogP contribution in [0.15, 0.2) is 47.7 Å². The molecule has 1 saturated heterocycles. The highest BCUT2D eigenvalue weighted by Gasteiger charge is 2.40. The maximum atomic E-state index is 12.2. The van der Waals surface area contributed by atoms with E-state index in [1.807, 2.05) is 13.0 Å². The van der Waals surface area contributed by atoms with Crippen LogP contribution in [-0.4, -0.2) is 41.2 Å². The molecule has 0 bridgehead atoms. The lowest BCUT2D eigenvalue weighted by atomic mass is 9.78. The summed E-state index contributed by atoms with van der Waals surface area (Å²) in [5.74, 6) is -0.589. The number of carbonyl (C=O) groups is 1. The van der Waals surface area contributed by atoms with Gasteiger partial charge in [-0.1, -0.05) is 29.8 Å². The summed E-state index contributed by atoms with van der Waals surface area (Å²) < 4.78 is 4.89. The van der Waals surface area contributed by atoms with Crippen LogP contribution in [0.1, 0.15) is 30.6 Å². The fourth-order valence-electron chi connectivity index (χ4n) is 4.57. The SMILES string of the molecule is C/C=C1/CN2CCc3c([nH]c4ccccc34)[C@@H]2C[C@H]1/C(=C/O)C(=O)OC. The number of allylic oxidation sites excluding steroid dienone is 1. The predicted octanol–water partition coefficient (Wildman–Crippen LogP) is 3.65. The van der Waals surface area contributed by atoms with Gasteiger partial charge in [0, 0.05) is 35.6 Å². The van der Waals surface area contributed by atoms with Crippen molar-refractivity contribution in [2.45, 2.75) is 25.8 Å². The minimum atomic E-state index is -0.460. The molecule has 1 aromatic heterocycles. The number of nitrogens with zero attached hydrogens (tertiary/aromatic N) is 1. The van der Waals surface area contributed by atoms with Gasteiger partial charge in [-0.25, -0.2) is 4.79 Å². The number of rotatable bonds is 2. The molecule has 0 aliphatic carbocycles. The summed E-state index contributed by atoms with van der Waals surface area (Å²) in [5, 5.41) is 11.0. The molecular weight excluding hydrogens is 328 g/mol. The fourth-order valence-corrected chi connectivity index (χ4v) is 4.57. The van der Waals surface area contributed by atoms with E-state index >= 15 is 0 Å². The number of fused-ring (bicyclic) bond motifs is 5. The lowest BCUT2D eigenvalue weighted by Gasteiger charge is -2.43. The maximum absolute atomic E-state index is 12.2. The Morgan fingerprint density at radius 2 is 2.19 bits per heavy atom. The number of aliphatic hydroxyl groups is 1. The van der Waals surface area contributed by atoms with Gasteiger partial charge in [0.15, 0.2) is 0 Å². The van der Waals surface area contributed by atoms with Crippen molar-refractivity contribution in [3.05, 3.63) is 59.0 Å². The van der Waals surface area contributed by atoms with Gasteiger partial charge in [-0.3, -0.25) is 4.90 Å². The number of hydrogen-bond acceptors (Lipinski definition) is 4. The first-order chi connectivity index (χ1) is 12.7. The van der Waals surface area contributed by atoms with E-state index in [0.717, 1.165) is 37.8 Å². The van der Waals surface area contributed by atoms with Crippen molar-refractivity contribution >= 4 is 16.9 Å². The Bertz CT molecular complexity index is 909. The first-order valence-corrected chi connectivity index (χ1v) is 9.09. The molecule has 2 aliphatic heterocycles. The molecule has 0 unspecified atom stereocenters. The number of benzene rings is 1. The lowest BCUT2D eigenvalue weighted by Crippen LogP contribution is -2.43. The second kappa shape index (κ2) is 6.65. The molecule has 3 heterocycles. The van der Waals surface area contributed by atoms with Crippen LogP contribution in [0.5, 0.6) is 0 Å². The van der Waals surface area contributed by atoms with Gasteiger partial charge in [-0.15, -0.1) is 0 Å². The summed E-state index contributed by atoms with van der Waals surface area (Å²) in [5.41, 5.74) is 5.30. The normalized spacial score (nSPS) is 25.2. The Labute approximate surface area is 153 Å². The van der Waals surface area contributed by atoms with E-state index in [0.29, 0.717) is 5.57 Å². The highest BCUT2D eigenvalue weighted by atomic mass is 16.5. The predicted molar refractivity (Wildman–Crippen MR) is 101 cm³/mol. The maximum Gasteiger partial charge on any atom is 0.337 e. The number of nitrogens with one attached hydrogen (secondary N) is 1. The molecule has 2 N–H and O–H groups in total. The summed E-state index contributed by atoms with van der Waals surface area (Å²) in [6.07, 6.45) is 4.76. The zero-order valence-corrected chi connectivity index (χ0v) is 15.2. The first-order valence-electron chi connectivity index (χ1n) is 9.09. The number of H-pyrrole nitrogens is 1. The molecule has 1 fully saturated rings. The third-order valence-electron chi connectivity index (χ3n) is 5.87. The number of aliphatic hydroxyl groups excluding tert-OH is 1. The largest absolute Gasteiger partial charge is 0.515 e. The zero-order chi connectivity index (χ0) is 18.3. The molecule has 0 spiro atoms. The molecule has 5 heteroatoms. The van der Waals surface area contributed by atoms with Crippen LogP contribution in [-0.2, 0) is 16.0 Å². The smallest absolute Gasteiger partial charge is 0.337 e. The van der Waals surface area contributed by atoms with Crippen LogP contribution >= 0.6 is 0 Å². The van der Waals surface area contributed by atoms with Crippen LogP contribution in [0.4, 0.5) is 0 Å². The van der Waals surface area contributed by atoms with Crippen molar-refractivity contribution in [3.63, 3.8) is 0 Å². The molecule has 2 aliphatic rings. The van der Waals surface area contributed by atoms with Gasteiger partial charge in [-0.05, 0) is 31.4 Å². The minimum Gasteiger partial charge on any atom is -0.515 e. The quantitative estimate of drug-likeness (QED) is 0.375. The second-order valence-corrected chi connectivity index (χ2v) is 7.03. The number of ether oxygens (including phenoxy) is 1. The molecule has 0 radical (unpaired) electrons. The van der Waals surface area contributed by atoms with Crippen molar-refractivity contribution in [2.75, 3.05) is 20.2 Å². The Kier molecular flexibility index (Phi) is 4.32. The van der Waals surface area contributed by atoms with E-state index in [2.05, 4.69) is 34.2 Å². The number of aromatic amines is 1. The monoisotopic (exact) mass is 352 g/mol. The topological polar surface area (TPSA) is 65.6 Å². The van der Waals surface area contributed by atoms with E-state index in [4.69, 9.17) is 4.74 Å². The Balaban J connectivity index is 1.75. The number of para-hydroxylation sites is 1. The molecule has 4 rings (SSSR count). The molecule has 1 aromatic carbocycles. The van der Waals surface area contributed by atoms with Crippen molar-refractivity contribution in [3.8, 4) is 0 Å². The molecule has 2 atom stereocenters. The first kappa shape index (κ1) is 16.9. The highest BCUT2D eigenvalue weighted by Crippen LogP contribution is 2.44. The average molecular weight is 352 g/mol. The Morgan fingerprint density at radius 3 is 2.92 bits per heavy atom. The van der Waals surface area contributed by atoms with Crippen LogP contribution < -0.4 is 0 Å². The van der Waals surface area contributed by atoms with Gasteiger partial charge in [0.1, 0.15) is 0 Å². The van der Waals surface area contributed by atoms with E-state index in [9.17, 15) is 9.90 Å². The summed E-state index contributed by atoms with van der Waals surface area (Å²) in [6.45, 7) is 3.79. The molecule has 0 amide bonds. The Morgan fingerprint density at radius 1 is 1.38 bits per heavy atom. The molecule has 5 nitrogen and oxygen atoms in total. The summed E-state index contributed by atoms with van der Waals surface area (Å²) >= 11 is 0. The number of methoxy groups -OCH3 is 1. The van der Waals surface area contributed by atoms with Crippen molar-refractivity contribution in [2.24, 2.45) is 5.92 Å². The highest BCUT2D eigenvalue weighted by molar-refractivity contribution is 5.89. The van der Waals surface area contributed by atoms with Crippen molar-refractivity contribution < 1.29 is 14.6 Å². The minimum absolute atomic E-state index is 0.129. The molecule has 26 heavy (non-hydrogen) atoms. The van der Waals surface area contributed by atoms with Crippen molar-refractivity contribution in [1.82, 2.24) is 9.88 Å². The van der Waals surface area contributed by atoms with Gasteiger partial charge < -0.3 is 14.8 Å². The van der Waals surface area contributed by atoms with Gasteiger partial charge in [0.2, 0.25) is 0 Å². The molecule has 0 saturated carbocycles. The van der Waals surface area contributed by atoms with Gasteiger partial charge in [-0.2, -0.15) is 0 Å². The summed E-state index contributed by atoms with van der Waals surface area (Å²) in [6, 6.07) is 8.62. The van der Waals surface area contributed by atoms with E-state index in [1.165, 1.54) is 29.3 Å². The lowest BCUT2D eigenvalue weighted by molar-refractivity contribution is -0.136. The van der Waals surface area contributed by atoms with E-state index in [-0.39, 0.29) is 12.0 Å². The van der Waals surface area contributed by atoms with Crippen LogP contribution in [0.25, 0.3) is 10.9 Å². The van der Waals surface area contributed by atoms with Crippen molar-refractivity contribution in [1.29, 1.82) is 0 Å². The van der Waals surface area contributed by atoms with Crippen LogP contribution in [0.2, 0.25) is 0 Å². The number of piperidine rings is 1. The number of hydrogen-bond donors (Lipinski definition) is 2. The standard InChI is InChI=1S/C21H24N2O3/c1-3-13-11-23-9-8-15-14-6-4-5-7-18(14)22-20(15)19(23)10-16(13)17(12-24)21(25)26-2/h3-7,12,16,19,22,24H,8-11H2,1-2H3/b13-3-,17-12-/t16-,19+/m1/s1. The summed E-state index contributed by atoms with van der Waals surface area (Å²) in [4.78, 5) is 18.2. The van der Waals surface area contributed by atoms with Gasteiger partial charge >= 0.3 is 5.97 Å². The number of esters is 1. The summed E-state index contributed by atoms with van der Waals surface area (Å²) in [7, 11) is 1.35. The average Bonchev–Trinajstić information content (AvgIpc) is 3.07. The number of carbonyl (C=O) groups excluding carboxylic acids is 1. The Hall–Kier alpha value is -2.53. The van der Waals surface area contributed by atoms with Gasteiger partial charge in [0.25, 0.3) is 0 Å². The fraction of sp³-hybridized carbons (Fsp3) is 0.381. The third-order valence-corrected chi connectivity index (χ3v) is 5.87. The third kappa shape index (κ3) is 2.54. The zero-order valence-electron chi connectivity index (χ0n) is 15.2. The second-order valence-electron chi connectivity index (χ2n) is 7.03. The van der Waals surface area contributed by atoms with E-state index in [1.54, 1.807) is 0 Å². The molecule has 2 aromatic rings. The molecular formula is C21H24N2O3. The van der Waals surface area contributed by atoms with E-state index < -0.39 is 5.97 Å². The van der Waals surface area contributed by atoms with Gasteiger partial charge in [0.05, 0.1) is 25.0 Å². The molecule has 136 valence electrons. The number of aromatic nitrogens is 1. The van der Waals surface area contributed by atoms with Crippen LogP contribution in [0, 0.1) is 5.92 Å².